The van der Waals surface area contributed by atoms with E-state index in [-0.39, 0.29) is 5.75 Å². The zero-order valence-electron chi connectivity index (χ0n) is 27.9. The molecule has 2 aromatic carbocycles. The summed E-state index contributed by atoms with van der Waals surface area (Å²) in [5.74, 6) is 1.83. The van der Waals surface area contributed by atoms with E-state index in [2.05, 4.69) is 32.9 Å². The van der Waals surface area contributed by atoms with Gasteiger partial charge in [0.25, 0.3) is 0 Å². The van der Waals surface area contributed by atoms with Gasteiger partial charge in [0.1, 0.15) is 17.2 Å². The highest BCUT2D eigenvalue weighted by molar-refractivity contribution is 5.47. The summed E-state index contributed by atoms with van der Waals surface area (Å²) in [6.07, 6.45) is 16.0. The normalized spacial score (nSPS) is 11.4. The highest BCUT2D eigenvalue weighted by atomic mass is 16.7. The van der Waals surface area contributed by atoms with Crippen LogP contribution in [0.5, 0.6) is 17.2 Å². The van der Waals surface area contributed by atoms with Crippen LogP contribution in [0.15, 0.2) is 54.6 Å². The van der Waals surface area contributed by atoms with Gasteiger partial charge in [0.15, 0.2) is 6.29 Å². The molecule has 5 nitrogen and oxygen atoms in total. The van der Waals surface area contributed by atoms with Gasteiger partial charge >= 0.3 is 0 Å². The van der Waals surface area contributed by atoms with Crippen LogP contribution in [-0.2, 0) is 22.3 Å². The third kappa shape index (κ3) is 12.2. The van der Waals surface area contributed by atoms with Crippen molar-refractivity contribution in [3.05, 3.63) is 82.7 Å². The molecule has 242 valence electrons. The first-order chi connectivity index (χ1) is 21.6. The van der Waals surface area contributed by atoms with Gasteiger partial charge in [-0.1, -0.05) is 122 Å². The monoisotopic (exact) mass is 603 g/mol. The number of aromatic nitrogens is 1. The molecule has 1 aromatic heterocycles. The van der Waals surface area contributed by atoms with Gasteiger partial charge < -0.3 is 19.3 Å². The highest BCUT2D eigenvalue weighted by Crippen LogP contribution is 2.36. The summed E-state index contributed by atoms with van der Waals surface area (Å²) in [6, 6.07) is 18.0. The Balaban J connectivity index is 1.81. The Morgan fingerprint density at radius 1 is 0.659 bits per heavy atom. The minimum atomic E-state index is -0.605. The maximum Gasteiger partial charge on any atom is 0.187 e. The van der Waals surface area contributed by atoms with Gasteiger partial charge in [0.05, 0.1) is 24.5 Å². The Labute approximate surface area is 267 Å². The molecular formula is C39H57NO4. The molecule has 5 heteroatoms. The van der Waals surface area contributed by atoms with Crippen LogP contribution in [0, 0.1) is 6.92 Å². The number of hydrogen-bond acceptors (Lipinski definition) is 5. The molecule has 0 spiro atoms. The number of unbranched alkanes of at least 4 members (excludes halogenated alkanes) is 10. The molecule has 1 heterocycles. The zero-order valence-corrected chi connectivity index (χ0v) is 27.9. The predicted molar refractivity (Wildman–Crippen MR) is 182 cm³/mol. The second-order valence-corrected chi connectivity index (χ2v) is 12.0. The molecule has 0 bridgehead atoms. The number of para-hydroxylation sites is 1. The first-order valence-electron chi connectivity index (χ1n) is 17.3. The van der Waals surface area contributed by atoms with E-state index in [1.165, 1.54) is 51.4 Å². The number of pyridine rings is 1. The summed E-state index contributed by atoms with van der Waals surface area (Å²) in [6.45, 7) is 9.89. The van der Waals surface area contributed by atoms with Crippen LogP contribution in [0.3, 0.4) is 0 Å². The summed E-state index contributed by atoms with van der Waals surface area (Å²) in [4.78, 5) is 4.99. The average molecular weight is 604 g/mol. The first-order valence-corrected chi connectivity index (χ1v) is 17.3. The molecular weight excluding hydrogens is 546 g/mol. The topological polar surface area (TPSA) is 60.8 Å². The van der Waals surface area contributed by atoms with Gasteiger partial charge in [-0.25, -0.2) is 0 Å². The van der Waals surface area contributed by atoms with Crippen molar-refractivity contribution in [2.45, 2.75) is 130 Å². The molecule has 0 saturated heterocycles. The second-order valence-electron chi connectivity index (χ2n) is 12.0. The number of aryl methyl sites for hydroxylation is 1. The first kappa shape index (κ1) is 35.6. The van der Waals surface area contributed by atoms with Crippen LogP contribution in [-0.4, -0.2) is 23.3 Å². The lowest BCUT2D eigenvalue weighted by Crippen LogP contribution is -2.16. The molecule has 0 aliphatic carbocycles. The molecule has 0 saturated carbocycles. The number of aromatic hydroxyl groups is 1. The Kier molecular flexibility index (Phi) is 16.9. The number of ether oxygens (including phenoxy) is 3. The van der Waals surface area contributed by atoms with Gasteiger partial charge in [-0.05, 0) is 61.6 Å². The maximum atomic E-state index is 11.5. The fraction of sp³-hybridized carbons (Fsp3) is 0.564. The number of rotatable bonds is 23. The Morgan fingerprint density at radius 3 is 1.86 bits per heavy atom. The molecule has 3 aromatic rings. The van der Waals surface area contributed by atoms with Crippen molar-refractivity contribution in [3.8, 4) is 17.2 Å². The molecule has 3 rings (SSSR count). The van der Waals surface area contributed by atoms with Crippen LogP contribution >= 0.6 is 0 Å². The van der Waals surface area contributed by atoms with Crippen LogP contribution in [0.1, 0.15) is 139 Å². The standard InChI is InChI=1S/C39H57NO4/c1-5-8-10-12-14-19-27-42-39(43-28-20-15-13-11-9-6-2)37-31(4)36(40-35(22-7-3)38(37)41)30-32-23-21-26-34(29-32)44-33-24-17-16-18-25-33/h16-18,21,23-26,29,39,41H,5-15,19-20,22,27-28,30H2,1-4H3. The van der Waals surface area contributed by atoms with E-state index >= 15 is 0 Å². The Bertz CT molecular complexity index is 1180. The van der Waals surface area contributed by atoms with Gasteiger partial charge in [-0.15, -0.1) is 0 Å². The lowest BCUT2D eigenvalue weighted by atomic mass is 9.98. The van der Waals surface area contributed by atoms with Crippen molar-refractivity contribution in [1.82, 2.24) is 4.98 Å². The molecule has 1 N–H and O–H groups in total. The lowest BCUT2D eigenvalue weighted by Gasteiger charge is -2.24. The van der Waals surface area contributed by atoms with Crippen molar-refractivity contribution in [2.75, 3.05) is 13.2 Å². The van der Waals surface area contributed by atoms with E-state index in [9.17, 15) is 5.11 Å². The number of nitrogens with zero attached hydrogens (tertiary/aromatic N) is 1. The van der Waals surface area contributed by atoms with Gasteiger partial charge in [0, 0.05) is 12.1 Å². The molecule has 44 heavy (non-hydrogen) atoms. The van der Waals surface area contributed by atoms with Crippen molar-refractivity contribution in [1.29, 1.82) is 0 Å². The summed E-state index contributed by atoms with van der Waals surface area (Å²) in [7, 11) is 0. The van der Waals surface area contributed by atoms with Crippen molar-refractivity contribution < 1.29 is 19.3 Å². The smallest absolute Gasteiger partial charge is 0.187 e. The average Bonchev–Trinajstić information content (AvgIpc) is 3.03. The lowest BCUT2D eigenvalue weighted by molar-refractivity contribution is -0.149. The van der Waals surface area contributed by atoms with Gasteiger partial charge in [-0.3, -0.25) is 4.98 Å². The number of benzene rings is 2. The number of hydrogen-bond donors (Lipinski definition) is 1. The SMILES string of the molecule is CCCCCCCCOC(OCCCCCCCC)c1c(C)c(Cc2cccc(Oc3ccccc3)c2)nc(CCC)c1O. The third-order valence-electron chi connectivity index (χ3n) is 8.14. The van der Waals surface area contributed by atoms with Gasteiger partial charge in [0.2, 0.25) is 0 Å². The van der Waals surface area contributed by atoms with E-state index < -0.39 is 6.29 Å². The van der Waals surface area contributed by atoms with E-state index in [4.69, 9.17) is 19.2 Å². The molecule has 0 radical (unpaired) electrons. The van der Waals surface area contributed by atoms with Crippen LogP contribution in [0.4, 0.5) is 0 Å². The van der Waals surface area contributed by atoms with E-state index in [1.54, 1.807) is 0 Å². The third-order valence-corrected chi connectivity index (χ3v) is 8.14. The van der Waals surface area contributed by atoms with Gasteiger partial charge in [-0.2, -0.15) is 0 Å². The van der Waals surface area contributed by atoms with Crippen LogP contribution in [0.25, 0.3) is 0 Å². The van der Waals surface area contributed by atoms with E-state index in [0.717, 1.165) is 71.7 Å². The van der Waals surface area contributed by atoms with Crippen molar-refractivity contribution in [2.24, 2.45) is 0 Å². The second kappa shape index (κ2) is 21.0. The van der Waals surface area contributed by atoms with E-state index in [1.807, 2.05) is 49.4 Å². The van der Waals surface area contributed by atoms with Crippen molar-refractivity contribution in [3.63, 3.8) is 0 Å². The van der Waals surface area contributed by atoms with Crippen LogP contribution in [0.2, 0.25) is 0 Å². The summed E-state index contributed by atoms with van der Waals surface area (Å²) >= 11 is 0. The maximum absolute atomic E-state index is 11.5. The van der Waals surface area contributed by atoms with Crippen molar-refractivity contribution >= 4 is 0 Å². The molecule has 0 aliphatic rings. The molecule has 0 amide bonds. The fourth-order valence-corrected chi connectivity index (χ4v) is 5.56. The molecule has 0 aliphatic heterocycles. The predicted octanol–water partition coefficient (Wildman–Crippen LogP) is 11.2. The molecule has 0 fully saturated rings. The van der Waals surface area contributed by atoms with Crippen LogP contribution < -0.4 is 4.74 Å². The summed E-state index contributed by atoms with van der Waals surface area (Å²) < 4.78 is 19.0. The fourth-order valence-electron chi connectivity index (χ4n) is 5.56. The summed E-state index contributed by atoms with van der Waals surface area (Å²) in [5.41, 5.74) is 4.44. The minimum absolute atomic E-state index is 0.227. The quantitative estimate of drug-likeness (QED) is 0.0863. The zero-order chi connectivity index (χ0) is 31.4. The Morgan fingerprint density at radius 2 is 1.25 bits per heavy atom. The largest absolute Gasteiger partial charge is 0.506 e. The molecule has 0 unspecified atom stereocenters. The minimum Gasteiger partial charge on any atom is -0.506 e. The van der Waals surface area contributed by atoms with E-state index in [0.29, 0.717) is 26.1 Å². The molecule has 0 atom stereocenters. The summed E-state index contributed by atoms with van der Waals surface area (Å²) in [5, 5.41) is 11.5. The Hall–Kier alpha value is -2.89. The highest BCUT2D eigenvalue weighted by Gasteiger charge is 2.25.